The van der Waals surface area contributed by atoms with Crippen LogP contribution in [-0.2, 0) is 34.4 Å². The van der Waals surface area contributed by atoms with Gasteiger partial charge < -0.3 is 4.18 Å². The van der Waals surface area contributed by atoms with E-state index in [1.807, 2.05) is 45.2 Å². The molecular weight excluding hydrogens is 977 g/mol. The summed E-state index contributed by atoms with van der Waals surface area (Å²) < 4.78 is 136. The summed E-state index contributed by atoms with van der Waals surface area (Å²) in [4.78, 5) is -0.0848. The topological polar surface area (TPSA) is 124 Å². The third kappa shape index (κ3) is 8.58. The van der Waals surface area contributed by atoms with Crippen molar-refractivity contribution in [2.24, 2.45) is 0 Å². The van der Waals surface area contributed by atoms with Gasteiger partial charge in [-0.2, -0.15) is 30.0 Å². The second-order valence-corrected chi connectivity index (χ2v) is 21.1. The van der Waals surface area contributed by atoms with Crippen molar-refractivity contribution in [2.75, 3.05) is 13.2 Å². The van der Waals surface area contributed by atoms with Crippen LogP contribution in [0.3, 0.4) is 0 Å². The Kier molecular flexibility index (Phi) is 12.2. The summed E-state index contributed by atoms with van der Waals surface area (Å²) in [5.74, 6) is -0.191. The van der Waals surface area contributed by atoms with Gasteiger partial charge in [0, 0.05) is 28.4 Å². The molecule has 5 rings (SSSR count). The van der Waals surface area contributed by atoms with E-state index in [9.17, 15) is 38.4 Å². The number of sulfonamides is 1. The van der Waals surface area contributed by atoms with Gasteiger partial charge in [-0.3, -0.25) is 4.18 Å². The third-order valence-electron chi connectivity index (χ3n) is 7.12. The van der Waals surface area contributed by atoms with Crippen LogP contribution in [0.5, 0.6) is 5.75 Å². The molecule has 5 aromatic rings. The van der Waals surface area contributed by atoms with E-state index in [1.165, 1.54) is 109 Å². The van der Waals surface area contributed by atoms with Crippen LogP contribution in [0.25, 0.3) is 0 Å². The zero-order chi connectivity index (χ0) is 37.1. The highest BCUT2D eigenvalue weighted by Gasteiger charge is 2.56. The predicted molar refractivity (Wildman–Crippen MR) is 203 cm³/mol. The van der Waals surface area contributed by atoms with E-state index in [0.29, 0.717) is 0 Å². The first-order valence-corrected chi connectivity index (χ1v) is 22.5. The van der Waals surface area contributed by atoms with E-state index < -0.39 is 59.1 Å². The minimum Gasteiger partial charge on any atom is -0.379 e. The lowest BCUT2D eigenvalue weighted by Gasteiger charge is -2.48. The molecule has 0 aliphatic heterocycles. The van der Waals surface area contributed by atoms with E-state index in [-0.39, 0.29) is 33.9 Å². The molecule has 5 aromatic carbocycles. The van der Waals surface area contributed by atoms with Crippen LogP contribution in [0.4, 0.5) is 13.2 Å². The molecule has 0 heterocycles. The number of hydrogen-bond acceptors (Lipinski definition) is 8. The molecule has 0 aliphatic rings. The van der Waals surface area contributed by atoms with Gasteiger partial charge >= 0.3 is 25.6 Å². The quantitative estimate of drug-likeness (QED) is 0.0852. The first-order chi connectivity index (χ1) is 24.0. The molecule has 9 nitrogen and oxygen atoms in total. The molecule has 51 heavy (non-hydrogen) atoms. The van der Waals surface area contributed by atoms with E-state index in [2.05, 4.69) is 0 Å². The number of benzene rings is 5. The smallest absolute Gasteiger partial charge is 0.379 e. The molecule has 0 fully saturated rings. The number of hydrogen-bond donors (Lipinski definition) is 0. The molecule has 0 saturated carbocycles. The number of nitrogens with zero attached hydrogens (tertiary/aromatic N) is 1. The van der Waals surface area contributed by atoms with Gasteiger partial charge in [-0.25, -0.2) is 8.42 Å². The number of halogens is 5. The maximum absolute atomic E-state index is 14.7. The summed E-state index contributed by atoms with van der Waals surface area (Å²) in [6.45, 7) is -2.03. The average Bonchev–Trinajstić information content (AvgIpc) is 3.09. The molecule has 0 aliphatic carbocycles. The van der Waals surface area contributed by atoms with Gasteiger partial charge in [0.05, 0.1) is 11.5 Å². The zero-order valence-corrected chi connectivity index (χ0v) is 33.4. The van der Waals surface area contributed by atoms with E-state index in [0.717, 1.165) is 7.14 Å². The monoisotopic (exact) mass is 1000 g/mol. The van der Waals surface area contributed by atoms with Gasteiger partial charge in [0.15, 0.2) is 0 Å². The minimum absolute atomic E-state index is 0.0345. The van der Waals surface area contributed by atoms with Gasteiger partial charge in [-0.05, 0) is 142 Å². The summed E-state index contributed by atoms with van der Waals surface area (Å²) in [7, 11) is -18.7. The van der Waals surface area contributed by atoms with Crippen molar-refractivity contribution in [1.82, 2.24) is 3.71 Å². The van der Waals surface area contributed by atoms with Crippen molar-refractivity contribution in [3.8, 4) is 5.75 Å². The van der Waals surface area contributed by atoms with Gasteiger partial charge in [-0.1, -0.05) is 46.6 Å². The Labute approximate surface area is 322 Å². The highest BCUT2D eigenvalue weighted by molar-refractivity contribution is 14.1. The van der Waals surface area contributed by atoms with Crippen LogP contribution in [0.2, 0.25) is 0 Å². The van der Waals surface area contributed by atoms with E-state index in [1.54, 1.807) is 24.3 Å². The van der Waals surface area contributed by atoms with Crippen molar-refractivity contribution in [1.29, 1.82) is 0 Å². The van der Waals surface area contributed by atoms with Crippen LogP contribution < -0.4 is 4.18 Å². The number of rotatable bonds is 13. The highest BCUT2D eigenvalue weighted by atomic mass is 127. The van der Waals surface area contributed by atoms with Crippen molar-refractivity contribution < 1.29 is 46.8 Å². The summed E-state index contributed by atoms with van der Waals surface area (Å²) >= 11 is 3.98. The lowest BCUT2D eigenvalue weighted by molar-refractivity contribution is -0.0469. The molecule has 0 amide bonds. The molecule has 0 N–H and O–H groups in total. The van der Waals surface area contributed by atoms with Crippen LogP contribution in [0.15, 0.2) is 158 Å². The Bertz CT molecular complexity index is 2260. The van der Waals surface area contributed by atoms with E-state index >= 15 is 0 Å². The minimum atomic E-state index is -6.24. The normalized spacial score (nSPS) is 13.2. The SMILES string of the molecule is O=S(=O)(OCCN(S(c1ccccc1)(c1ccccc1)c1ccc(OS(=O)(=O)c2ccc(I)cc2)cc1)S(=O)(=O)C(F)(F)F)c1ccc(I)cc1. The van der Waals surface area contributed by atoms with Gasteiger partial charge in [0.1, 0.15) is 10.6 Å². The summed E-state index contributed by atoms with van der Waals surface area (Å²) in [6.07, 6.45) is 0. The molecule has 0 saturated heterocycles. The Morgan fingerprint density at radius 2 is 0.922 bits per heavy atom. The molecule has 0 aromatic heterocycles. The maximum atomic E-state index is 14.7. The highest BCUT2D eigenvalue weighted by Crippen LogP contribution is 2.72. The lowest BCUT2D eigenvalue weighted by Crippen LogP contribution is -2.44. The maximum Gasteiger partial charge on any atom is 0.512 e. The summed E-state index contributed by atoms with van der Waals surface area (Å²) in [6, 6.07) is 31.5. The molecular formula is C33H26F3I2NO8S4. The molecule has 0 spiro atoms. The molecule has 18 heteroatoms. The fourth-order valence-electron chi connectivity index (χ4n) is 4.87. The van der Waals surface area contributed by atoms with Gasteiger partial charge in [0.25, 0.3) is 10.1 Å². The fourth-order valence-corrected chi connectivity index (χ4v) is 13.7. The Balaban J connectivity index is 1.67. The molecule has 0 bridgehead atoms. The Hall–Kier alpha value is -2.73. The zero-order valence-electron chi connectivity index (χ0n) is 25.9. The summed E-state index contributed by atoms with van der Waals surface area (Å²) in [5.41, 5.74) is -5.82. The van der Waals surface area contributed by atoms with Crippen LogP contribution >= 0.6 is 55.4 Å². The Morgan fingerprint density at radius 1 is 0.529 bits per heavy atom. The molecule has 0 atom stereocenters. The second-order valence-electron chi connectivity index (χ2n) is 10.4. The third-order valence-corrected chi connectivity index (χ3v) is 17.4. The van der Waals surface area contributed by atoms with Crippen molar-refractivity contribution in [3.63, 3.8) is 0 Å². The molecule has 270 valence electrons. The summed E-state index contributed by atoms with van der Waals surface area (Å²) in [5, 5.41) is 0. The fraction of sp³-hybridized carbons (Fsp3) is 0.0909. The first kappa shape index (κ1) is 39.5. The van der Waals surface area contributed by atoms with Gasteiger partial charge in [0.2, 0.25) is 0 Å². The molecule has 0 unspecified atom stereocenters. The van der Waals surface area contributed by atoms with Crippen molar-refractivity contribution in [3.05, 3.63) is 141 Å². The van der Waals surface area contributed by atoms with E-state index in [4.69, 9.17) is 8.37 Å². The van der Waals surface area contributed by atoms with Crippen molar-refractivity contribution >= 4 is 85.7 Å². The lowest BCUT2D eigenvalue weighted by atomic mass is 10.3. The van der Waals surface area contributed by atoms with Crippen LogP contribution in [0, 0.1) is 7.14 Å². The number of alkyl halides is 3. The van der Waals surface area contributed by atoms with Gasteiger partial charge in [-0.15, -0.1) is 3.71 Å². The Morgan fingerprint density at radius 3 is 1.35 bits per heavy atom. The predicted octanol–water partition coefficient (Wildman–Crippen LogP) is 8.42. The largest absolute Gasteiger partial charge is 0.512 e. The molecule has 0 radical (unpaired) electrons. The first-order valence-electron chi connectivity index (χ1n) is 14.5. The van der Waals surface area contributed by atoms with Crippen LogP contribution in [-0.4, -0.2) is 47.6 Å². The average molecular weight is 1000 g/mol. The van der Waals surface area contributed by atoms with Crippen LogP contribution in [0.1, 0.15) is 0 Å². The van der Waals surface area contributed by atoms with Crippen molar-refractivity contribution in [2.45, 2.75) is 30.0 Å². The standard InChI is InChI=1S/C33H26F3I2NO8S4/c34-33(35,36)51(44,45)39(23-24-46-49(40,41)31-17-11-25(37)12-18-31)48(28-7-3-1-4-8-28,29-9-5-2-6-10-29)30-21-15-27(16-22-30)47-50(42,43)32-19-13-26(38)14-20-32/h1-22H,23-24H2. The second kappa shape index (κ2) is 15.7.